The standard InChI is InChI=1S/C28H34N4OS/c1-19-14-22(15-20(2)23(19)17-29)24-18-32-25-10-9-21(16-27(25)34-28(32)30-24)26(33)8-4-7-13-31-11-5-3-6-12-31/h9-10,14-16,18H,3-8,11-13,17,29H2,1-2H3. The Balaban J connectivity index is 1.29. The van der Waals surface area contributed by atoms with Crippen molar-refractivity contribution in [1.29, 1.82) is 0 Å². The zero-order valence-electron chi connectivity index (χ0n) is 20.3. The summed E-state index contributed by atoms with van der Waals surface area (Å²) in [6.45, 7) is 8.36. The number of Topliss-reactive ketones (excluding diaryl/α,β-unsaturated/α-hetero) is 1. The molecule has 0 saturated carbocycles. The van der Waals surface area contributed by atoms with E-state index in [1.807, 2.05) is 12.1 Å². The molecule has 1 aliphatic heterocycles. The third-order valence-corrected chi connectivity index (χ3v) is 8.21. The van der Waals surface area contributed by atoms with Crippen molar-refractivity contribution in [3.05, 3.63) is 58.8 Å². The summed E-state index contributed by atoms with van der Waals surface area (Å²) in [7, 11) is 0. The van der Waals surface area contributed by atoms with Gasteiger partial charge >= 0.3 is 0 Å². The number of likely N-dealkylation sites (tertiary alicyclic amines) is 1. The number of benzene rings is 2. The number of piperidine rings is 1. The third-order valence-electron chi connectivity index (χ3n) is 7.19. The van der Waals surface area contributed by atoms with Crippen molar-refractivity contribution in [3.8, 4) is 11.3 Å². The first kappa shape index (κ1) is 23.2. The van der Waals surface area contributed by atoms with Crippen molar-refractivity contribution in [2.24, 2.45) is 5.73 Å². The summed E-state index contributed by atoms with van der Waals surface area (Å²) >= 11 is 1.64. The number of ketones is 1. The summed E-state index contributed by atoms with van der Waals surface area (Å²) < 4.78 is 3.25. The number of imidazole rings is 1. The Bertz CT molecular complexity index is 1310. The number of nitrogens with zero attached hydrogens (tertiary/aromatic N) is 3. The highest BCUT2D eigenvalue weighted by Crippen LogP contribution is 2.32. The van der Waals surface area contributed by atoms with Gasteiger partial charge in [-0.3, -0.25) is 9.20 Å². The molecule has 34 heavy (non-hydrogen) atoms. The molecule has 0 amide bonds. The van der Waals surface area contributed by atoms with E-state index in [1.54, 1.807) is 11.3 Å². The second-order valence-corrected chi connectivity index (χ2v) is 10.6. The Morgan fingerprint density at radius 1 is 1.06 bits per heavy atom. The summed E-state index contributed by atoms with van der Waals surface area (Å²) in [6.07, 6.45) is 8.82. The van der Waals surface area contributed by atoms with Gasteiger partial charge in [0.2, 0.25) is 0 Å². The van der Waals surface area contributed by atoms with Crippen LogP contribution in [0.3, 0.4) is 0 Å². The lowest BCUT2D eigenvalue weighted by molar-refractivity contribution is 0.0977. The Morgan fingerprint density at radius 2 is 1.82 bits per heavy atom. The predicted octanol–water partition coefficient (Wildman–Crippen LogP) is 6.13. The number of carbonyl (C=O) groups is 1. The highest BCUT2D eigenvalue weighted by molar-refractivity contribution is 7.23. The van der Waals surface area contributed by atoms with E-state index in [9.17, 15) is 4.79 Å². The molecule has 0 bridgehead atoms. The van der Waals surface area contributed by atoms with Gasteiger partial charge in [-0.1, -0.05) is 17.8 Å². The van der Waals surface area contributed by atoms with Gasteiger partial charge in [-0.05, 0) is 106 Å². The number of aryl methyl sites for hydroxylation is 2. The molecule has 1 aliphatic rings. The minimum Gasteiger partial charge on any atom is -0.326 e. The first-order chi connectivity index (χ1) is 16.5. The van der Waals surface area contributed by atoms with Gasteiger partial charge in [0.1, 0.15) is 0 Å². The number of rotatable bonds is 8. The van der Waals surface area contributed by atoms with Crippen molar-refractivity contribution in [3.63, 3.8) is 0 Å². The smallest absolute Gasteiger partial charge is 0.195 e. The molecule has 0 radical (unpaired) electrons. The fourth-order valence-corrected chi connectivity index (χ4v) is 6.27. The first-order valence-electron chi connectivity index (χ1n) is 12.5. The highest BCUT2D eigenvalue weighted by atomic mass is 32.1. The van der Waals surface area contributed by atoms with Gasteiger partial charge in [-0.25, -0.2) is 4.98 Å². The van der Waals surface area contributed by atoms with Crippen LogP contribution in [0.4, 0.5) is 0 Å². The normalized spacial score (nSPS) is 14.9. The Kier molecular flexibility index (Phi) is 6.82. The van der Waals surface area contributed by atoms with E-state index in [1.165, 1.54) is 49.0 Å². The Hall–Kier alpha value is -2.54. The van der Waals surface area contributed by atoms with Gasteiger partial charge in [0.25, 0.3) is 0 Å². The average molecular weight is 475 g/mol. The molecule has 5 rings (SSSR count). The van der Waals surface area contributed by atoms with Crippen LogP contribution in [-0.4, -0.2) is 39.7 Å². The number of nitrogens with two attached hydrogens (primary N) is 1. The molecule has 178 valence electrons. The minimum absolute atomic E-state index is 0.248. The summed E-state index contributed by atoms with van der Waals surface area (Å²) in [5.74, 6) is 0.248. The van der Waals surface area contributed by atoms with Crippen LogP contribution in [0.5, 0.6) is 0 Å². The van der Waals surface area contributed by atoms with Crippen LogP contribution < -0.4 is 5.73 Å². The van der Waals surface area contributed by atoms with E-state index in [0.717, 1.165) is 51.4 Å². The van der Waals surface area contributed by atoms with Crippen molar-refractivity contribution >= 4 is 32.3 Å². The van der Waals surface area contributed by atoms with Crippen molar-refractivity contribution < 1.29 is 4.79 Å². The van der Waals surface area contributed by atoms with Crippen LogP contribution in [0.25, 0.3) is 26.4 Å². The van der Waals surface area contributed by atoms with Gasteiger partial charge in [-0.2, -0.15) is 0 Å². The number of hydrogen-bond acceptors (Lipinski definition) is 5. The fraction of sp³-hybridized carbons (Fsp3) is 0.429. The zero-order chi connectivity index (χ0) is 23.7. The molecule has 2 N–H and O–H groups in total. The first-order valence-corrected chi connectivity index (χ1v) is 13.3. The number of unbranched alkanes of at least 4 members (excludes halogenated alkanes) is 1. The minimum atomic E-state index is 0.248. The molecule has 1 fully saturated rings. The van der Waals surface area contributed by atoms with Crippen molar-refractivity contribution in [2.45, 2.75) is 58.9 Å². The molecule has 0 unspecified atom stereocenters. The lowest BCUT2D eigenvalue weighted by atomic mass is 9.98. The summed E-state index contributed by atoms with van der Waals surface area (Å²) in [4.78, 5) is 21.2. The van der Waals surface area contributed by atoms with Gasteiger partial charge in [0.15, 0.2) is 10.7 Å². The van der Waals surface area contributed by atoms with Crippen LogP contribution >= 0.6 is 11.3 Å². The molecule has 1 saturated heterocycles. The van der Waals surface area contributed by atoms with E-state index >= 15 is 0 Å². The summed E-state index contributed by atoms with van der Waals surface area (Å²) in [5.41, 5.74) is 13.5. The molecule has 2 aromatic heterocycles. The van der Waals surface area contributed by atoms with Crippen LogP contribution in [0.1, 0.15) is 65.6 Å². The number of fused-ring (bicyclic) bond motifs is 3. The second-order valence-electron chi connectivity index (χ2n) is 9.64. The molecular formula is C28H34N4OS. The maximum atomic E-state index is 12.8. The number of hydrogen-bond donors (Lipinski definition) is 1. The van der Waals surface area contributed by atoms with E-state index in [2.05, 4.69) is 47.5 Å². The maximum absolute atomic E-state index is 12.8. The van der Waals surface area contributed by atoms with E-state index in [-0.39, 0.29) is 5.78 Å². The molecule has 0 aliphatic carbocycles. The Labute approximate surface area is 205 Å². The van der Waals surface area contributed by atoms with Crippen molar-refractivity contribution in [1.82, 2.24) is 14.3 Å². The largest absolute Gasteiger partial charge is 0.326 e. The molecule has 3 heterocycles. The molecular weight excluding hydrogens is 440 g/mol. The lowest BCUT2D eigenvalue weighted by Crippen LogP contribution is -2.30. The molecule has 5 nitrogen and oxygen atoms in total. The van der Waals surface area contributed by atoms with Crippen LogP contribution in [0, 0.1) is 13.8 Å². The second kappa shape index (κ2) is 9.98. The number of aromatic nitrogens is 2. The summed E-state index contributed by atoms with van der Waals surface area (Å²) in [5, 5.41) is 0. The lowest BCUT2D eigenvalue weighted by Gasteiger charge is -2.26. The van der Waals surface area contributed by atoms with Gasteiger partial charge in [-0.15, -0.1) is 0 Å². The molecule has 0 spiro atoms. The Morgan fingerprint density at radius 3 is 2.56 bits per heavy atom. The molecule has 2 aromatic carbocycles. The van der Waals surface area contributed by atoms with E-state index < -0.39 is 0 Å². The van der Waals surface area contributed by atoms with E-state index in [4.69, 9.17) is 10.7 Å². The number of carbonyl (C=O) groups excluding carboxylic acids is 1. The van der Waals surface area contributed by atoms with Crippen LogP contribution in [0.15, 0.2) is 36.5 Å². The third kappa shape index (κ3) is 4.67. The van der Waals surface area contributed by atoms with Crippen molar-refractivity contribution in [2.75, 3.05) is 19.6 Å². The zero-order valence-corrected chi connectivity index (χ0v) is 21.1. The SMILES string of the molecule is Cc1cc(-c2cn3c(n2)sc2cc(C(=O)CCCCN4CCCCC4)ccc23)cc(C)c1CN. The topological polar surface area (TPSA) is 63.6 Å². The predicted molar refractivity (Wildman–Crippen MR) is 142 cm³/mol. The molecule has 4 aromatic rings. The maximum Gasteiger partial charge on any atom is 0.195 e. The quantitative estimate of drug-likeness (QED) is 0.246. The van der Waals surface area contributed by atoms with E-state index in [0.29, 0.717) is 13.0 Å². The van der Waals surface area contributed by atoms with Crippen LogP contribution in [-0.2, 0) is 6.54 Å². The number of thiazole rings is 1. The molecule has 6 heteroatoms. The average Bonchev–Trinajstić information content (AvgIpc) is 3.40. The monoisotopic (exact) mass is 474 g/mol. The molecule has 0 atom stereocenters. The van der Waals surface area contributed by atoms with Gasteiger partial charge in [0, 0.05) is 30.3 Å². The van der Waals surface area contributed by atoms with Gasteiger partial charge < -0.3 is 10.6 Å². The van der Waals surface area contributed by atoms with Gasteiger partial charge in [0.05, 0.1) is 15.9 Å². The summed E-state index contributed by atoms with van der Waals surface area (Å²) in [6, 6.07) is 10.4. The fourth-order valence-electron chi connectivity index (χ4n) is 5.23. The highest BCUT2D eigenvalue weighted by Gasteiger charge is 2.15. The van der Waals surface area contributed by atoms with Crippen LogP contribution in [0.2, 0.25) is 0 Å².